The summed E-state index contributed by atoms with van der Waals surface area (Å²) < 4.78 is 25.7. The molecular weight excluding hydrogens is 238 g/mol. The first-order valence-electron chi connectivity index (χ1n) is 4.30. The minimum Gasteiger partial charge on any atom is -0.395 e. The van der Waals surface area contributed by atoms with E-state index in [1.807, 2.05) is 0 Å². The highest BCUT2D eigenvalue weighted by Gasteiger charge is 2.20. The fourth-order valence-corrected chi connectivity index (χ4v) is 3.48. The molecule has 0 spiro atoms. The number of aliphatic hydroxyl groups excluding tert-OH is 2. The fraction of sp³-hybridized carbons (Fsp3) is 0.500. The van der Waals surface area contributed by atoms with E-state index in [0.29, 0.717) is 0 Å². The summed E-state index contributed by atoms with van der Waals surface area (Å²) in [7, 11) is -3.61. The number of nitrogens with one attached hydrogen (secondary N) is 1. The highest BCUT2D eigenvalue weighted by atomic mass is 32.2. The van der Waals surface area contributed by atoms with Crippen LogP contribution in [0.25, 0.3) is 0 Å². The van der Waals surface area contributed by atoms with Gasteiger partial charge in [-0.3, -0.25) is 0 Å². The van der Waals surface area contributed by atoms with Crippen molar-refractivity contribution in [1.82, 2.24) is 4.72 Å². The summed E-state index contributed by atoms with van der Waals surface area (Å²) in [5, 5.41) is 17.5. The molecule has 0 fully saturated rings. The molecule has 0 aliphatic rings. The van der Waals surface area contributed by atoms with Gasteiger partial charge in [-0.15, -0.1) is 11.3 Å². The first-order valence-corrected chi connectivity index (χ1v) is 6.60. The average molecular weight is 251 g/mol. The van der Waals surface area contributed by atoms with Crippen LogP contribution in [0, 0.1) is 6.92 Å². The monoisotopic (exact) mass is 251 g/mol. The summed E-state index contributed by atoms with van der Waals surface area (Å²) in [5.41, 5.74) is 0. The van der Waals surface area contributed by atoms with Gasteiger partial charge in [-0.1, -0.05) is 0 Å². The van der Waals surface area contributed by atoms with E-state index >= 15 is 0 Å². The summed E-state index contributed by atoms with van der Waals surface area (Å²) in [6.45, 7) is 0.944. The van der Waals surface area contributed by atoms with Gasteiger partial charge in [0.1, 0.15) is 4.21 Å². The normalized spacial score (nSPS) is 12.3. The second-order valence-corrected chi connectivity index (χ2v) is 6.28. The number of sulfonamides is 1. The van der Waals surface area contributed by atoms with Crippen LogP contribution in [-0.2, 0) is 10.0 Å². The quantitative estimate of drug-likeness (QED) is 0.670. The van der Waals surface area contributed by atoms with E-state index in [-0.39, 0.29) is 4.21 Å². The van der Waals surface area contributed by atoms with E-state index in [1.54, 1.807) is 13.0 Å². The van der Waals surface area contributed by atoms with Gasteiger partial charge < -0.3 is 10.2 Å². The molecule has 0 aromatic carbocycles. The van der Waals surface area contributed by atoms with Gasteiger partial charge in [-0.2, -0.15) is 0 Å². The van der Waals surface area contributed by atoms with Gasteiger partial charge in [0, 0.05) is 4.88 Å². The molecule has 5 nitrogen and oxygen atoms in total. The van der Waals surface area contributed by atoms with Crippen molar-refractivity contribution in [2.75, 3.05) is 13.2 Å². The molecule has 0 aliphatic heterocycles. The second-order valence-electron chi connectivity index (χ2n) is 3.05. The third-order valence-electron chi connectivity index (χ3n) is 1.74. The van der Waals surface area contributed by atoms with Gasteiger partial charge in [0.15, 0.2) is 0 Å². The van der Waals surface area contributed by atoms with E-state index in [0.717, 1.165) is 16.2 Å². The van der Waals surface area contributed by atoms with Crippen LogP contribution in [0.15, 0.2) is 16.3 Å². The Labute approximate surface area is 92.4 Å². The minimum absolute atomic E-state index is 0.187. The maximum Gasteiger partial charge on any atom is 0.250 e. The number of rotatable bonds is 5. The third kappa shape index (κ3) is 3.25. The molecule has 0 radical (unpaired) electrons. The number of aryl methyl sites for hydroxylation is 1. The topological polar surface area (TPSA) is 86.6 Å². The molecule has 3 N–H and O–H groups in total. The van der Waals surface area contributed by atoms with Gasteiger partial charge in [-0.05, 0) is 19.1 Å². The van der Waals surface area contributed by atoms with E-state index in [9.17, 15) is 8.42 Å². The van der Waals surface area contributed by atoms with Crippen LogP contribution >= 0.6 is 11.3 Å². The van der Waals surface area contributed by atoms with Gasteiger partial charge in [0.2, 0.25) is 10.0 Å². The fourth-order valence-electron chi connectivity index (χ4n) is 0.966. The maximum atomic E-state index is 11.7. The molecule has 7 heteroatoms. The number of hydrogen-bond acceptors (Lipinski definition) is 5. The molecule has 1 heterocycles. The summed E-state index contributed by atoms with van der Waals surface area (Å²) >= 11 is 1.14. The molecular formula is C8H13NO4S2. The van der Waals surface area contributed by atoms with Crippen LogP contribution in [0.4, 0.5) is 0 Å². The van der Waals surface area contributed by atoms with Crippen molar-refractivity contribution in [1.29, 1.82) is 0 Å². The first kappa shape index (κ1) is 12.6. The van der Waals surface area contributed by atoms with E-state index in [1.165, 1.54) is 6.07 Å². The molecule has 0 saturated carbocycles. The Morgan fingerprint density at radius 2 is 2.00 bits per heavy atom. The van der Waals surface area contributed by atoms with Crippen molar-refractivity contribution < 1.29 is 18.6 Å². The molecule has 0 atom stereocenters. The van der Waals surface area contributed by atoms with Crippen molar-refractivity contribution in [3.8, 4) is 0 Å². The molecule has 0 saturated heterocycles. The lowest BCUT2D eigenvalue weighted by molar-refractivity contribution is 0.185. The lowest BCUT2D eigenvalue weighted by Crippen LogP contribution is -2.39. The predicted molar refractivity (Wildman–Crippen MR) is 57.3 cm³/mol. The van der Waals surface area contributed by atoms with Gasteiger partial charge >= 0.3 is 0 Å². The summed E-state index contributed by atoms with van der Waals surface area (Å²) in [5.74, 6) is 0. The zero-order valence-corrected chi connectivity index (χ0v) is 9.81. The van der Waals surface area contributed by atoms with Crippen molar-refractivity contribution in [3.05, 3.63) is 17.0 Å². The Morgan fingerprint density at radius 1 is 1.40 bits per heavy atom. The molecule has 15 heavy (non-hydrogen) atoms. The Balaban J connectivity index is 2.84. The van der Waals surface area contributed by atoms with E-state index in [4.69, 9.17) is 10.2 Å². The van der Waals surface area contributed by atoms with Gasteiger partial charge in [0.05, 0.1) is 19.3 Å². The number of aliphatic hydroxyl groups is 2. The Morgan fingerprint density at radius 3 is 2.40 bits per heavy atom. The van der Waals surface area contributed by atoms with Crippen LogP contribution in [0.3, 0.4) is 0 Å². The lowest BCUT2D eigenvalue weighted by Gasteiger charge is -2.12. The third-order valence-corrected chi connectivity index (χ3v) is 4.76. The molecule has 1 aromatic rings. The summed E-state index contributed by atoms with van der Waals surface area (Å²) in [4.78, 5) is 0.889. The van der Waals surface area contributed by atoms with Crippen LogP contribution in [0.1, 0.15) is 4.88 Å². The largest absolute Gasteiger partial charge is 0.395 e. The number of hydrogen-bond donors (Lipinski definition) is 3. The van der Waals surface area contributed by atoms with Crippen molar-refractivity contribution >= 4 is 21.4 Å². The van der Waals surface area contributed by atoms with E-state index in [2.05, 4.69) is 4.72 Å². The molecule has 0 amide bonds. The highest BCUT2D eigenvalue weighted by molar-refractivity contribution is 7.91. The molecule has 86 valence electrons. The molecule has 0 aliphatic carbocycles. The minimum atomic E-state index is -3.61. The average Bonchev–Trinajstić information content (AvgIpc) is 2.62. The number of thiophene rings is 1. The Kier molecular flexibility index (Phi) is 4.23. The van der Waals surface area contributed by atoms with Crippen molar-refractivity contribution in [3.63, 3.8) is 0 Å². The summed E-state index contributed by atoms with van der Waals surface area (Å²) in [6, 6.07) is 2.35. The van der Waals surface area contributed by atoms with Crippen LogP contribution < -0.4 is 4.72 Å². The zero-order chi connectivity index (χ0) is 11.5. The van der Waals surface area contributed by atoms with Crippen molar-refractivity contribution in [2.24, 2.45) is 0 Å². The maximum absolute atomic E-state index is 11.7. The molecule has 0 bridgehead atoms. The molecule has 0 unspecified atom stereocenters. The zero-order valence-electron chi connectivity index (χ0n) is 8.17. The SMILES string of the molecule is Cc1ccc(S(=O)(=O)NC(CO)CO)s1. The predicted octanol–water partition coefficient (Wildman–Crippen LogP) is -0.312. The van der Waals surface area contributed by atoms with Crippen LogP contribution in [0.5, 0.6) is 0 Å². The Hall–Kier alpha value is -0.470. The molecule has 1 rings (SSSR count). The summed E-state index contributed by atoms with van der Waals surface area (Å²) in [6.07, 6.45) is 0. The highest BCUT2D eigenvalue weighted by Crippen LogP contribution is 2.20. The van der Waals surface area contributed by atoms with E-state index < -0.39 is 29.3 Å². The Bertz CT molecular complexity index is 408. The second kappa shape index (κ2) is 5.04. The van der Waals surface area contributed by atoms with Crippen LogP contribution in [-0.4, -0.2) is 37.9 Å². The van der Waals surface area contributed by atoms with Crippen LogP contribution in [0.2, 0.25) is 0 Å². The standard InChI is InChI=1S/C8H13NO4S2/c1-6-2-3-8(14-6)15(12,13)9-7(4-10)5-11/h2-3,7,9-11H,4-5H2,1H3. The van der Waals surface area contributed by atoms with Gasteiger partial charge in [-0.25, -0.2) is 13.1 Å². The smallest absolute Gasteiger partial charge is 0.250 e. The van der Waals surface area contributed by atoms with Gasteiger partial charge in [0.25, 0.3) is 0 Å². The molecule has 1 aromatic heterocycles. The first-order chi connectivity index (χ1) is 6.99. The lowest BCUT2D eigenvalue weighted by atomic mass is 10.4. The van der Waals surface area contributed by atoms with Crippen molar-refractivity contribution in [2.45, 2.75) is 17.2 Å².